The molecule has 1 saturated carbocycles. The highest BCUT2D eigenvalue weighted by atomic mass is 19.1. The summed E-state index contributed by atoms with van der Waals surface area (Å²) in [5, 5.41) is 0. The normalized spacial score (nSPS) is 25.1. The average molecular weight is 288 g/mol. The zero-order valence-corrected chi connectivity index (χ0v) is 12.2. The van der Waals surface area contributed by atoms with Crippen molar-refractivity contribution in [2.24, 2.45) is 4.99 Å². The molecule has 3 rings (SSSR count). The lowest BCUT2D eigenvalue weighted by molar-refractivity contribution is 0.331. The van der Waals surface area contributed by atoms with Crippen LogP contribution >= 0.6 is 0 Å². The van der Waals surface area contributed by atoms with E-state index in [4.69, 9.17) is 9.73 Å². The van der Waals surface area contributed by atoms with Crippen molar-refractivity contribution in [3.05, 3.63) is 42.7 Å². The van der Waals surface area contributed by atoms with Crippen LogP contribution in [0.5, 0.6) is 0 Å². The number of rotatable bonds is 3. The van der Waals surface area contributed by atoms with Gasteiger partial charge in [0.05, 0.1) is 12.1 Å². The number of benzene rings is 1. The molecule has 0 amide bonds. The van der Waals surface area contributed by atoms with Crippen molar-refractivity contribution >= 4 is 11.7 Å². The van der Waals surface area contributed by atoms with E-state index in [1.807, 2.05) is 11.0 Å². The van der Waals surface area contributed by atoms with Crippen molar-refractivity contribution in [1.29, 1.82) is 0 Å². The first kappa shape index (κ1) is 14.1. The maximum Gasteiger partial charge on any atom is 0.292 e. The van der Waals surface area contributed by atoms with E-state index in [0.29, 0.717) is 18.7 Å². The molecule has 0 bridgehead atoms. The van der Waals surface area contributed by atoms with Gasteiger partial charge in [-0.05, 0) is 37.1 Å². The Hall–Kier alpha value is -1.84. The van der Waals surface area contributed by atoms with Crippen LogP contribution in [0.2, 0.25) is 0 Å². The molecule has 112 valence electrons. The fraction of sp³-hybridized carbons (Fsp3) is 0.471. The minimum atomic E-state index is -0.236. The van der Waals surface area contributed by atoms with Crippen LogP contribution < -0.4 is 4.90 Å². The molecule has 1 atom stereocenters. The van der Waals surface area contributed by atoms with Crippen LogP contribution in [0.3, 0.4) is 0 Å². The summed E-state index contributed by atoms with van der Waals surface area (Å²) in [6.45, 7) is 4.41. The van der Waals surface area contributed by atoms with Crippen LogP contribution in [-0.4, -0.2) is 24.7 Å². The predicted molar refractivity (Wildman–Crippen MR) is 83.1 cm³/mol. The van der Waals surface area contributed by atoms with Crippen LogP contribution in [0.1, 0.15) is 32.1 Å². The molecule has 3 nitrogen and oxygen atoms in total. The highest BCUT2D eigenvalue weighted by Gasteiger charge is 2.31. The molecule has 2 fully saturated rings. The summed E-state index contributed by atoms with van der Waals surface area (Å²) in [4.78, 5) is 6.81. The first-order valence-electron chi connectivity index (χ1n) is 7.66. The molecular weight excluding hydrogens is 267 g/mol. The smallest absolute Gasteiger partial charge is 0.292 e. The second-order valence-corrected chi connectivity index (χ2v) is 5.66. The number of hydrogen-bond acceptors (Lipinski definition) is 2. The average Bonchev–Trinajstić information content (AvgIpc) is 2.92. The molecule has 0 unspecified atom stereocenters. The summed E-state index contributed by atoms with van der Waals surface area (Å²) >= 11 is 0. The molecule has 1 aliphatic carbocycles. The second kappa shape index (κ2) is 6.29. The molecule has 21 heavy (non-hydrogen) atoms. The summed E-state index contributed by atoms with van der Waals surface area (Å²) in [6.07, 6.45) is 7.89. The van der Waals surface area contributed by atoms with Gasteiger partial charge in [0.1, 0.15) is 12.4 Å². The zero-order chi connectivity index (χ0) is 14.7. The number of amidine groups is 1. The molecule has 1 aromatic carbocycles. The Morgan fingerprint density at radius 2 is 1.90 bits per heavy atom. The maximum absolute atomic E-state index is 13.1. The fourth-order valence-electron chi connectivity index (χ4n) is 2.99. The molecule has 1 heterocycles. The highest BCUT2D eigenvalue weighted by molar-refractivity contribution is 5.94. The van der Waals surface area contributed by atoms with Gasteiger partial charge in [0.2, 0.25) is 0 Å². The number of anilines is 1. The van der Waals surface area contributed by atoms with Crippen LogP contribution in [0.25, 0.3) is 0 Å². The van der Waals surface area contributed by atoms with Crippen molar-refractivity contribution in [1.82, 2.24) is 0 Å². The lowest BCUT2D eigenvalue weighted by Crippen LogP contribution is -2.33. The van der Waals surface area contributed by atoms with Crippen molar-refractivity contribution in [3.8, 4) is 0 Å². The molecule has 1 saturated heterocycles. The van der Waals surface area contributed by atoms with E-state index in [1.165, 1.54) is 31.4 Å². The lowest BCUT2D eigenvalue weighted by atomic mass is 9.96. The Morgan fingerprint density at radius 3 is 2.57 bits per heavy atom. The van der Waals surface area contributed by atoms with Crippen LogP contribution in [0.4, 0.5) is 10.1 Å². The Kier molecular flexibility index (Phi) is 4.23. The topological polar surface area (TPSA) is 24.8 Å². The zero-order valence-electron chi connectivity index (χ0n) is 12.2. The minimum Gasteiger partial charge on any atom is -0.462 e. The van der Waals surface area contributed by atoms with Gasteiger partial charge in [0.25, 0.3) is 6.02 Å². The third-order valence-corrected chi connectivity index (χ3v) is 4.17. The number of ether oxygens (including phenoxy) is 1. The van der Waals surface area contributed by atoms with Crippen LogP contribution in [-0.2, 0) is 4.74 Å². The monoisotopic (exact) mass is 288 g/mol. The first-order valence-corrected chi connectivity index (χ1v) is 7.66. The Morgan fingerprint density at radius 1 is 1.19 bits per heavy atom. The maximum atomic E-state index is 13.1. The molecular formula is C17H21FN2O. The summed E-state index contributed by atoms with van der Waals surface area (Å²) < 4.78 is 18.9. The van der Waals surface area contributed by atoms with Gasteiger partial charge in [-0.2, -0.15) is 0 Å². The SMILES string of the molecule is C=C[C@@H]1COC(=NC2CCCCC2)N1c1ccc(F)cc1. The standard InChI is InChI=1S/C17H21FN2O/c1-2-15-12-21-17(19-14-6-4-3-5-7-14)20(15)16-10-8-13(18)9-11-16/h2,8-11,14-15H,1,3-7,12H2/t15-/m1/s1. The quantitative estimate of drug-likeness (QED) is 0.788. The molecule has 4 heteroatoms. The fourth-order valence-corrected chi connectivity index (χ4v) is 2.99. The van der Waals surface area contributed by atoms with Crippen molar-refractivity contribution in [2.45, 2.75) is 44.2 Å². The number of hydrogen-bond donors (Lipinski definition) is 0. The van der Waals surface area contributed by atoms with E-state index < -0.39 is 0 Å². The highest BCUT2D eigenvalue weighted by Crippen LogP contribution is 2.27. The van der Waals surface area contributed by atoms with E-state index in [1.54, 1.807) is 12.1 Å². The second-order valence-electron chi connectivity index (χ2n) is 5.66. The minimum absolute atomic E-state index is 0.0535. The van der Waals surface area contributed by atoms with Gasteiger partial charge in [-0.15, -0.1) is 6.58 Å². The van der Waals surface area contributed by atoms with E-state index >= 15 is 0 Å². The van der Waals surface area contributed by atoms with Crippen molar-refractivity contribution in [2.75, 3.05) is 11.5 Å². The van der Waals surface area contributed by atoms with Gasteiger partial charge in [0.15, 0.2) is 0 Å². The molecule has 1 aromatic rings. The summed E-state index contributed by atoms with van der Waals surface area (Å²) in [7, 11) is 0. The molecule has 0 aromatic heterocycles. The lowest BCUT2D eigenvalue weighted by Gasteiger charge is -2.23. The van der Waals surface area contributed by atoms with E-state index in [0.717, 1.165) is 18.5 Å². The van der Waals surface area contributed by atoms with Crippen molar-refractivity contribution in [3.63, 3.8) is 0 Å². The Bertz CT molecular complexity index is 520. The predicted octanol–water partition coefficient (Wildman–Crippen LogP) is 3.91. The van der Waals surface area contributed by atoms with Gasteiger partial charge >= 0.3 is 0 Å². The molecule has 0 radical (unpaired) electrons. The van der Waals surface area contributed by atoms with Gasteiger partial charge in [-0.3, -0.25) is 4.90 Å². The van der Waals surface area contributed by atoms with Crippen LogP contribution in [0, 0.1) is 5.82 Å². The number of nitrogens with zero attached hydrogens (tertiary/aromatic N) is 2. The number of aliphatic imine (C=N–C) groups is 1. The van der Waals surface area contributed by atoms with E-state index in [9.17, 15) is 4.39 Å². The molecule has 1 aliphatic heterocycles. The Balaban J connectivity index is 1.86. The molecule has 2 aliphatic rings. The molecule has 0 spiro atoms. The van der Waals surface area contributed by atoms with Crippen molar-refractivity contribution < 1.29 is 9.13 Å². The third kappa shape index (κ3) is 3.09. The van der Waals surface area contributed by atoms with E-state index in [-0.39, 0.29) is 11.9 Å². The van der Waals surface area contributed by atoms with Gasteiger partial charge < -0.3 is 4.74 Å². The largest absolute Gasteiger partial charge is 0.462 e. The van der Waals surface area contributed by atoms with Crippen LogP contribution in [0.15, 0.2) is 41.9 Å². The van der Waals surface area contributed by atoms with Gasteiger partial charge in [-0.1, -0.05) is 25.3 Å². The summed E-state index contributed by atoms with van der Waals surface area (Å²) in [5.74, 6) is -0.236. The Labute approximate surface area is 125 Å². The van der Waals surface area contributed by atoms with Gasteiger partial charge in [-0.25, -0.2) is 9.38 Å². The first-order chi connectivity index (χ1) is 10.3. The van der Waals surface area contributed by atoms with E-state index in [2.05, 4.69) is 6.58 Å². The summed E-state index contributed by atoms with van der Waals surface area (Å²) in [5.41, 5.74) is 0.897. The molecule has 0 N–H and O–H groups in total. The van der Waals surface area contributed by atoms with Gasteiger partial charge in [0, 0.05) is 5.69 Å². The number of halogens is 1. The third-order valence-electron chi connectivity index (χ3n) is 4.17. The summed E-state index contributed by atoms with van der Waals surface area (Å²) in [6, 6.07) is 7.50.